The van der Waals surface area contributed by atoms with E-state index in [1.165, 1.54) is 0 Å². The van der Waals surface area contributed by atoms with Gasteiger partial charge in [0.15, 0.2) is 0 Å². The van der Waals surface area contributed by atoms with Crippen molar-refractivity contribution in [2.75, 3.05) is 5.75 Å². The second-order valence-corrected chi connectivity index (χ2v) is 4.76. The summed E-state index contributed by atoms with van der Waals surface area (Å²) in [5.41, 5.74) is 5.73. The number of rotatable bonds is 5. The molecule has 0 aliphatic rings. The third-order valence-corrected chi connectivity index (χ3v) is 3.20. The van der Waals surface area contributed by atoms with Crippen molar-refractivity contribution in [3.05, 3.63) is 29.9 Å². The van der Waals surface area contributed by atoms with Gasteiger partial charge in [-0.1, -0.05) is 11.8 Å². The Balaban J connectivity index is 1.84. The fraction of sp³-hybridized carbons (Fsp3) is 0.273. The van der Waals surface area contributed by atoms with E-state index in [1.807, 2.05) is 0 Å². The SMILES string of the molecule is Cn1cccc1C(=O)NC(=O)CSc1nnc(CN)o1. The standard InChI is InChI=1S/C11H13N5O3S/c1-16-4-2-3-7(16)10(18)13-8(17)6-20-11-15-14-9(5-12)19-11/h2-4H,5-6,12H2,1H3,(H,13,17,18). The number of carbonyl (C=O) groups is 2. The Morgan fingerprint density at radius 3 is 2.90 bits per heavy atom. The first-order chi connectivity index (χ1) is 9.60. The zero-order chi connectivity index (χ0) is 14.5. The first-order valence-electron chi connectivity index (χ1n) is 5.71. The maximum absolute atomic E-state index is 11.8. The summed E-state index contributed by atoms with van der Waals surface area (Å²) >= 11 is 1.04. The minimum absolute atomic E-state index is 0.00235. The molecule has 2 rings (SSSR count). The summed E-state index contributed by atoms with van der Waals surface area (Å²) in [5.74, 6) is -0.583. The highest BCUT2D eigenvalue weighted by Crippen LogP contribution is 2.15. The van der Waals surface area contributed by atoms with Gasteiger partial charge in [-0.2, -0.15) is 0 Å². The number of amides is 2. The number of nitrogens with two attached hydrogens (primary N) is 1. The molecule has 2 amide bonds. The third-order valence-electron chi connectivity index (χ3n) is 2.38. The average molecular weight is 295 g/mol. The van der Waals surface area contributed by atoms with Crippen LogP contribution in [0.4, 0.5) is 0 Å². The fourth-order valence-corrected chi connectivity index (χ4v) is 2.01. The van der Waals surface area contributed by atoms with Gasteiger partial charge >= 0.3 is 0 Å². The maximum atomic E-state index is 11.8. The van der Waals surface area contributed by atoms with Crippen LogP contribution in [0.3, 0.4) is 0 Å². The largest absolute Gasteiger partial charge is 0.415 e. The minimum atomic E-state index is -0.448. The van der Waals surface area contributed by atoms with Crippen molar-refractivity contribution in [2.24, 2.45) is 12.8 Å². The van der Waals surface area contributed by atoms with E-state index in [0.29, 0.717) is 11.6 Å². The Kier molecular flexibility index (Phi) is 4.53. The van der Waals surface area contributed by atoms with Gasteiger partial charge in [-0.05, 0) is 12.1 Å². The molecule has 0 fully saturated rings. The number of hydrogen-bond acceptors (Lipinski definition) is 7. The van der Waals surface area contributed by atoms with Gasteiger partial charge in [0.2, 0.25) is 11.8 Å². The highest BCUT2D eigenvalue weighted by Gasteiger charge is 2.14. The lowest BCUT2D eigenvalue weighted by molar-refractivity contribution is -0.117. The van der Waals surface area contributed by atoms with Gasteiger partial charge in [0.1, 0.15) is 5.69 Å². The van der Waals surface area contributed by atoms with Gasteiger partial charge in [-0.25, -0.2) is 0 Å². The summed E-state index contributed by atoms with van der Waals surface area (Å²) in [5, 5.41) is 9.88. The molecule has 0 saturated carbocycles. The van der Waals surface area contributed by atoms with E-state index in [-0.39, 0.29) is 17.5 Å². The molecule has 20 heavy (non-hydrogen) atoms. The molecule has 8 nitrogen and oxygen atoms in total. The maximum Gasteiger partial charge on any atom is 0.277 e. The van der Waals surface area contributed by atoms with Crippen molar-refractivity contribution in [1.82, 2.24) is 20.1 Å². The zero-order valence-corrected chi connectivity index (χ0v) is 11.5. The summed E-state index contributed by atoms with van der Waals surface area (Å²) in [7, 11) is 1.72. The molecule has 2 aromatic rings. The van der Waals surface area contributed by atoms with Gasteiger partial charge in [0.25, 0.3) is 11.1 Å². The Bertz CT molecular complexity index is 621. The molecule has 0 atom stereocenters. The molecule has 0 aliphatic carbocycles. The Morgan fingerprint density at radius 2 is 2.30 bits per heavy atom. The summed E-state index contributed by atoms with van der Waals surface area (Å²) < 4.78 is 6.75. The molecule has 9 heteroatoms. The third kappa shape index (κ3) is 3.45. The summed E-state index contributed by atoms with van der Waals surface area (Å²) in [6, 6.07) is 3.35. The molecule has 2 aromatic heterocycles. The molecule has 0 aromatic carbocycles. The molecule has 0 spiro atoms. The molecule has 0 unspecified atom stereocenters. The number of hydrogen-bond donors (Lipinski definition) is 2. The number of thioether (sulfide) groups is 1. The van der Waals surface area contributed by atoms with Crippen LogP contribution in [-0.4, -0.2) is 32.3 Å². The van der Waals surface area contributed by atoms with E-state index in [0.717, 1.165) is 11.8 Å². The Labute approximate surface area is 118 Å². The second-order valence-electron chi connectivity index (χ2n) is 3.84. The number of nitrogens with zero attached hydrogens (tertiary/aromatic N) is 3. The van der Waals surface area contributed by atoms with Crippen molar-refractivity contribution < 1.29 is 14.0 Å². The van der Waals surface area contributed by atoms with Crippen molar-refractivity contribution in [3.63, 3.8) is 0 Å². The van der Waals surface area contributed by atoms with Crippen molar-refractivity contribution in [2.45, 2.75) is 11.8 Å². The predicted octanol–water partition coefficient (Wildman–Crippen LogP) is -0.0845. The first kappa shape index (κ1) is 14.3. The van der Waals surface area contributed by atoms with Gasteiger partial charge in [-0.15, -0.1) is 10.2 Å². The van der Waals surface area contributed by atoms with Gasteiger partial charge < -0.3 is 14.7 Å². The molecule has 0 radical (unpaired) electrons. The van der Waals surface area contributed by atoms with Gasteiger partial charge in [0.05, 0.1) is 12.3 Å². The highest BCUT2D eigenvalue weighted by molar-refractivity contribution is 7.99. The van der Waals surface area contributed by atoms with E-state index in [4.69, 9.17) is 10.2 Å². The summed E-state index contributed by atoms with van der Waals surface area (Å²) in [4.78, 5) is 23.4. The lowest BCUT2D eigenvalue weighted by Crippen LogP contribution is -2.32. The summed E-state index contributed by atoms with van der Waals surface area (Å²) in [6.07, 6.45) is 1.72. The number of aryl methyl sites for hydroxylation is 1. The second kappa shape index (κ2) is 6.35. The molecule has 2 heterocycles. The fourth-order valence-electron chi connectivity index (χ4n) is 1.43. The number of nitrogens with one attached hydrogen (secondary N) is 1. The van der Waals surface area contributed by atoms with E-state index < -0.39 is 11.8 Å². The van der Waals surface area contributed by atoms with Crippen LogP contribution in [0.15, 0.2) is 28.0 Å². The summed E-state index contributed by atoms with van der Waals surface area (Å²) in [6.45, 7) is 0.145. The Hall–Kier alpha value is -2.13. The highest BCUT2D eigenvalue weighted by atomic mass is 32.2. The number of aromatic nitrogens is 3. The molecule has 0 bridgehead atoms. The Morgan fingerprint density at radius 1 is 1.50 bits per heavy atom. The van der Waals surface area contributed by atoms with Crippen LogP contribution in [0, 0.1) is 0 Å². The number of carbonyl (C=O) groups excluding carboxylic acids is 2. The zero-order valence-electron chi connectivity index (χ0n) is 10.7. The van der Waals surface area contributed by atoms with E-state index in [2.05, 4.69) is 15.5 Å². The molecular formula is C11H13N5O3S. The van der Waals surface area contributed by atoms with Gasteiger partial charge in [0, 0.05) is 13.2 Å². The topological polar surface area (TPSA) is 116 Å². The van der Waals surface area contributed by atoms with E-state index in [1.54, 1.807) is 29.9 Å². The lowest BCUT2D eigenvalue weighted by Gasteiger charge is -2.03. The van der Waals surface area contributed by atoms with Crippen LogP contribution in [-0.2, 0) is 18.4 Å². The minimum Gasteiger partial charge on any atom is -0.415 e. The van der Waals surface area contributed by atoms with Crippen molar-refractivity contribution in [3.8, 4) is 0 Å². The monoisotopic (exact) mass is 295 g/mol. The van der Waals surface area contributed by atoms with Crippen LogP contribution < -0.4 is 11.1 Å². The predicted molar refractivity (Wildman–Crippen MR) is 70.8 cm³/mol. The van der Waals surface area contributed by atoms with Crippen LogP contribution in [0.5, 0.6) is 0 Å². The normalized spacial score (nSPS) is 10.5. The number of imide groups is 1. The van der Waals surface area contributed by atoms with E-state index >= 15 is 0 Å². The van der Waals surface area contributed by atoms with Crippen molar-refractivity contribution >= 4 is 23.6 Å². The molecule has 0 aliphatic heterocycles. The molecule has 0 saturated heterocycles. The molecule has 106 valence electrons. The van der Waals surface area contributed by atoms with Gasteiger partial charge in [-0.3, -0.25) is 14.9 Å². The van der Waals surface area contributed by atoms with E-state index in [9.17, 15) is 9.59 Å². The first-order valence-corrected chi connectivity index (χ1v) is 6.69. The lowest BCUT2D eigenvalue weighted by atomic mass is 10.4. The van der Waals surface area contributed by atoms with Crippen LogP contribution >= 0.6 is 11.8 Å². The van der Waals surface area contributed by atoms with Crippen molar-refractivity contribution in [1.29, 1.82) is 0 Å². The average Bonchev–Trinajstić information content (AvgIpc) is 3.04. The van der Waals surface area contributed by atoms with Crippen LogP contribution in [0.25, 0.3) is 0 Å². The smallest absolute Gasteiger partial charge is 0.277 e. The quantitative estimate of drug-likeness (QED) is 0.741. The van der Waals surface area contributed by atoms with Crippen LogP contribution in [0.2, 0.25) is 0 Å². The molecular weight excluding hydrogens is 282 g/mol. The van der Waals surface area contributed by atoms with Crippen LogP contribution in [0.1, 0.15) is 16.4 Å². The molecule has 3 N–H and O–H groups in total.